The van der Waals surface area contributed by atoms with Crippen molar-refractivity contribution in [3.8, 4) is 5.75 Å². The van der Waals surface area contributed by atoms with E-state index < -0.39 is 36.2 Å². The van der Waals surface area contributed by atoms with E-state index in [-0.39, 0.29) is 39.0 Å². The van der Waals surface area contributed by atoms with Crippen LogP contribution >= 0.6 is 11.6 Å². The highest BCUT2D eigenvalue weighted by molar-refractivity contribution is 6.46. The molecule has 0 spiro atoms. The quantitative estimate of drug-likeness (QED) is 0.215. The van der Waals surface area contributed by atoms with Crippen LogP contribution in [0.1, 0.15) is 5.56 Å². The van der Waals surface area contributed by atoms with E-state index in [9.17, 15) is 23.6 Å². The Morgan fingerprint density at radius 1 is 0.805 bits per heavy atom. The van der Waals surface area contributed by atoms with Gasteiger partial charge in [-0.25, -0.2) is 19.0 Å². The second-order valence-electron chi connectivity index (χ2n) is 8.79. The van der Waals surface area contributed by atoms with E-state index in [2.05, 4.69) is 5.32 Å². The maximum absolute atomic E-state index is 13.9. The van der Waals surface area contributed by atoms with E-state index in [1.54, 1.807) is 66.7 Å². The molecular weight excluding hydrogens is 549 g/mol. The number of amides is 5. The Morgan fingerprint density at radius 3 is 1.95 bits per heavy atom. The van der Waals surface area contributed by atoms with Crippen molar-refractivity contribution in [1.82, 2.24) is 0 Å². The summed E-state index contributed by atoms with van der Waals surface area (Å²) in [5.74, 6) is -2.80. The number of para-hydroxylation sites is 3. The monoisotopic (exact) mass is 569 g/mol. The van der Waals surface area contributed by atoms with Gasteiger partial charge in [-0.05, 0) is 60.7 Å². The number of carbonyl (C=O) groups is 4. The molecule has 0 aliphatic carbocycles. The third-order valence-corrected chi connectivity index (χ3v) is 6.29. The first-order chi connectivity index (χ1) is 19.8. The number of hydrogen-bond acceptors (Lipinski definition) is 5. The van der Waals surface area contributed by atoms with Crippen LogP contribution < -0.4 is 19.9 Å². The fourth-order valence-corrected chi connectivity index (χ4v) is 4.33. The van der Waals surface area contributed by atoms with Crippen molar-refractivity contribution in [2.24, 2.45) is 0 Å². The zero-order valence-corrected chi connectivity index (χ0v) is 22.0. The van der Waals surface area contributed by atoms with Gasteiger partial charge in [0.15, 0.2) is 6.61 Å². The second-order valence-corrected chi connectivity index (χ2v) is 9.23. The van der Waals surface area contributed by atoms with Crippen LogP contribution in [0.15, 0.2) is 109 Å². The minimum absolute atomic E-state index is 0.00961. The van der Waals surface area contributed by atoms with Crippen LogP contribution in [0.5, 0.6) is 5.75 Å². The molecule has 0 unspecified atom stereocenters. The van der Waals surface area contributed by atoms with Gasteiger partial charge in [-0.2, -0.15) is 0 Å². The third kappa shape index (κ3) is 5.85. The number of carbonyl (C=O) groups excluding carboxylic acids is 4. The van der Waals surface area contributed by atoms with Crippen molar-refractivity contribution >= 4 is 58.5 Å². The summed E-state index contributed by atoms with van der Waals surface area (Å²) in [6.07, 6.45) is 1.26. The number of urea groups is 1. The number of ether oxygens (including phenoxy) is 1. The van der Waals surface area contributed by atoms with Gasteiger partial charge in [-0.1, -0.05) is 60.1 Å². The molecule has 0 bridgehead atoms. The zero-order chi connectivity index (χ0) is 28.9. The van der Waals surface area contributed by atoms with Crippen LogP contribution in [0.4, 0.5) is 26.2 Å². The average Bonchev–Trinajstić information content (AvgIpc) is 2.97. The number of imide groups is 2. The van der Waals surface area contributed by atoms with Crippen LogP contribution in [0.2, 0.25) is 5.02 Å². The van der Waals surface area contributed by atoms with Crippen molar-refractivity contribution < 1.29 is 28.3 Å². The van der Waals surface area contributed by atoms with Gasteiger partial charge in [-0.15, -0.1) is 0 Å². The standard InChI is InChI=1S/C31H21ClFN3O5/c32-21-15-16-27(41-19-28(37)34-26-14-8-7-13-25(26)33)20(17-21)18-24-29(38)35(22-9-3-1-4-10-22)31(40)36(30(24)39)23-11-5-2-6-12-23/h1-18H,19H2,(H,34,37). The number of nitrogens with one attached hydrogen (secondary N) is 1. The first-order valence-corrected chi connectivity index (χ1v) is 12.7. The normalized spacial score (nSPS) is 13.3. The van der Waals surface area contributed by atoms with E-state index in [1.807, 2.05) is 0 Å². The average molecular weight is 570 g/mol. The molecule has 0 saturated carbocycles. The van der Waals surface area contributed by atoms with E-state index >= 15 is 0 Å². The molecule has 1 aliphatic heterocycles. The SMILES string of the molecule is O=C(COc1ccc(Cl)cc1C=C1C(=O)N(c2ccccc2)C(=O)N(c2ccccc2)C1=O)Nc1ccccc1F. The number of nitrogens with zero attached hydrogens (tertiary/aromatic N) is 2. The molecule has 10 heteroatoms. The first-order valence-electron chi connectivity index (χ1n) is 12.3. The number of anilines is 3. The molecule has 0 radical (unpaired) electrons. The molecule has 1 heterocycles. The Hall–Kier alpha value is -5.28. The van der Waals surface area contributed by atoms with E-state index in [4.69, 9.17) is 16.3 Å². The summed E-state index contributed by atoms with van der Waals surface area (Å²) in [5, 5.41) is 2.69. The number of halogens is 2. The van der Waals surface area contributed by atoms with Crippen LogP contribution in [-0.4, -0.2) is 30.4 Å². The molecule has 1 saturated heterocycles. The molecule has 1 aliphatic rings. The van der Waals surface area contributed by atoms with Crippen molar-refractivity contribution in [3.05, 3.63) is 125 Å². The van der Waals surface area contributed by atoms with Crippen molar-refractivity contribution in [1.29, 1.82) is 0 Å². The summed E-state index contributed by atoms with van der Waals surface area (Å²) in [6, 6.07) is 25.7. The van der Waals surface area contributed by atoms with Gasteiger partial charge in [0.1, 0.15) is 17.1 Å². The number of barbiturate groups is 1. The Labute approximate surface area is 239 Å². The molecule has 0 atom stereocenters. The number of rotatable bonds is 7. The fourth-order valence-electron chi connectivity index (χ4n) is 4.15. The largest absolute Gasteiger partial charge is 0.483 e. The van der Waals surface area contributed by atoms with Crippen LogP contribution in [0.3, 0.4) is 0 Å². The van der Waals surface area contributed by atoms with E-state index in [1.165, 1.54) is 42.5 Å². The van der Waals surface area contributed by atoms with Crippen LogP contribution in [0.25, 0.3) is 6.08 Å². The molecule has 5 rings (SSSR count). The Kier molecular flexibility index (Phi) is 7.89. The zero-order valence-electron chi connectivity index (χ0n) is 21.3. The van der Waals surface area contributed by atoms with Crippen molar-refractivity contribution in [2.75, 3.05) is 21.7 Å². The lowest BCUT2D eigenvalue weighted by Gasteiger charge is -2.34. The lowest BCUT2D eigenvalue weighted by atomic mass is 10.0. The van der Waals surface area contributed by atoms with Gasteiger partial charge in [0, 0.05) is 10.6 Å². The molecule has 41 heavy (non-hydrogen) atoms. The lowest BCUT2D eigenvalue weighted by molar-refractivity contribution is -0.121. The number of benzene rings is 4. The maximum atomic E-state index is 13.9. The molecular formula is C31H21ClFN3O5. The summed E-state index contributed by atoms with van der Waals surface area (Å²) in [4.78, 5) is 55.0. The summed E-state index contributed by atoms with van der Waals surface area (Å²) in [6.45, 7) is -0.501. The highest BCUT2D eigenvalue weighted by Gasteiger charge is 2.43. The minimum Gasteiger partial charge on any atom is -0.483 e. The molecule has 204 valence electrons. The van der Waals surface area contributed by atoms with Gasteiger partial charge in [0.05, 0.1) is 17.1 Å². The second kappa shape index (κ2) is 11.8. The first kappa shape index (κ1) is 27.3. The molecule has 5 amide bonds. The van der Waals surface area contributed by atoms with Gasteiger partial charge in [-0.3, -0.25) is 14.4 Å². The molecule has 1 N–H and O–H groups in total. The summed E-state index contributed by atoms with van der Waals surface area (Å²) < 4.78 is 19.6. The highest BCUT2D eigenvalue weighted by Crippen LogP contribution is 2.32. The Bertz CT molecular complexity index is 1610. The van der Waals surface area contributed by atoms with Gasteiger partial charge in [0.25, 0.3) is 17.7 Å². The fraction of sp³-hybridized carbons (Fsp3) is 0.0323. The predicted octanol–water partition coefficient (Wildman–Crippen LogP) is 6.08. The lowest BCUT2D eigenvalue weighted by Crippen LogP contribution is -2.57. The van der Waals surface area contributed by atoms with Crippen LogP contribution in [-0.2, 0) is 14.4 Å². The van der Waals surface area contributed by atoms with E-state index in [0.29, 0.717) is 0 Å². The molecule has 4 aromatic rings. The Morgan fingerprint density at radius 2 is 1.37 bits per heavy atom. The Balaban J connectivity index is 1.50. The maximum Gasteiger partial charge on any atom is 0.343 e. The van der Waals surface area contributed by atoms with Crippen molar-refractivity contribution in [2.45, 2.75) is 0 Å². The molecule has 0 aromatic heterocycles. The highest BCUT2D eigenvalue weighted by atomic mass is 35.5. The van der Waals surface area contributed by atoms with Gasteiger partial charge >= 0.3 is 6.03 Å². The van der Waals surface area contributed by atoms with E-state index in [0.717, 1.165) is 9.80 Å². The van der Waals surface area contributed by atoms with Gasteiger partial charge in [0.2, 0.25) is 0 Å². The molecule has 4 aromatic carbocycles. The number of hydrogen-bond donors (Lipinski definition) is 1. The summed E-state index contributed by atoms with van der Waals surface area (Å²) in [7, 11) is 0. The summed E-state index contributed by atoms with van der Waals surface area (Å²) in [5.41, 5.74) is 0.413. The van der Waals surface area contributed by atoms with Gasteiger partial charge < -0.3 is 10.1 Å². The van der Waals surface area contributed by atoms with Crippen molar-refractivity contribution in [3.63, 3.8) is 0 Å². The summed E-state index contributed by atoms with van der Waals surface area (Å²) >= 11 is 6.22. The van der Waals surface area contributed by atoms with Crippen LogP contribution in [0, 0.1) is 5.82 Å². The minimum atomic E-state index is -0.846. The smallest absolute Gasteiger partial charge is 0.343 e. The third-order valence-electron chi connectivity index (χ3n) is 6.06. The molecule has 1 fully saturated rings. The topological polar surface area (TPSA) is 96.0 Å². The molecule has 8 nitrogen and oxygen atoms in total. The predicted molar refractivity (Wildman–Crippen MR) is 153 cm³/mol.